The summed E-state index contributed by atoms with van der Waals surface area (Å²) in [6.45, 7) is 4.74. The first-order valence-electron chi connectivity index (χ1n) is 11.8. The maximum Gasteiger partial charge on any atom is 0.337 e. The highest BCUT2D eigenvalue weighted by molar-refractivity contribution is 5.77. The molecule has 3 aromatic heterocycles. The fraction of sp³-hybridized carbons (Fsp3) is 0.385. The van der Waals surface area contributed by atoms with Gasteiger partial charge in [-0.3, -0.25) is 13.8 Å². The summed E-state index contributed by atoms with van der Waals surface area (Å²) in [6, 6.07) is 8.28. The van der Waals surface area contributed by atoms with E-state index >= 15 is 0 Å². The lowest BCUT2D eigenvalue weighted by atomic mass is 10.0. The molecule has 3 heterocycles. The molecule has 1 saturated carbocycles. The number of fused-ring (bicyclic) bond motifs is 1. The minimum absolute atomic E-state index is 0.00454. The van der Waals surface area contributed by atoms with Crippen molar-refractivity contribution in [3.05, 3.63) is 82.1 Å². The highest BCUT2D eigenvalue weighted by atomic mass is 19.3. The average Bonchev–Trinajstić information content (AvgIpc) is 3.35. The summed E-state index contributed by atoms with van der Waals surface area (Å²) in [5.41, 5.74) is 0.543. The first-order chi connectivity index (χ1) is 16.8. The molecule has 1 fully saturated rings. The van der Waals surface area contributed by atoms with E-state index in [0.29, 0.717) is 18.4 Å². The number of hydrogen-bond acceptors (Lipinski definition) is 4. The van der Waals surface area contributed by atoms with Gasteiger partial charge in [0.05, 0.1) is 11.2 Å². The number of nitrogens with zero attached hydrogens (tertiary/aromatic N) is 5. The molecule has 0 saturated heterocycles. The third-order valence-electron chi connectivity index (χ3n) is 5.75. The SMILES string of the molecule is C1CCC1.CC.Cn1cnnc1Cc1cccc(-n2cc3c(C(C)(F)F)cc(C=O)cn3c2=O)c1. The normalized spacial score (nSPS) is 12.7. The monoisotopic (exact) mass is 483 g/mol. The number of carbonyl (C=O) groups is 1. The fourth-order valence-corrected chi connectivity index (χ4v) is 3.53. The smallest absolute Gasteiger partial charge is 0.320 e. The lowest BCUT2D eigenvalue weighted by Gasteiger charge is -2.12. The Morgan fingerprint density at radius 3 is 2.31 bits per heavy atom. The van der Waals surface area contributed by atoms with Crippen molar-refractivity contribution in [1.82, 2.24) is 23.7 Å². The zero-order valence-corrected chi connectivity index (χ0v) is 20.5. The van der Waals surface area contributed by atoms with Crippen LogP contribution >= 0.6 is 0 Å². The molecule has 0 spiro atoms. The molecule has 7 nitrogen and oxygen atoms in total. The average molecular weight is 484 g/mol. The van der Waals surface area contributed by atoms with Gasteiger partial charge in [-0.15, -0.1) is 10.2 Å². The summed E-state index contributed by atoms with van der Waals surface area (Å²) < 4.78 is 32.4. The van der Waals surface area contributed by atoms with E-state index in [9.17, 15) is 18.4 Å². The van der Waals surface area contributed by atoms with Crippen molar-refractivity contribution in [2.75, 3.05) is 0 Å². The number of halogens is 2. The van der Waals surface area contributed by atoms with Crippen molar-refractivity contribution in [3.8, 4) is 5.69 Å². The highest BCUT2D eigenvalue weighted by Gasteiger charge is 2.29. The Bertz CT molecular complexity index is 1340. The minimum Gasteiger partial charge on any atom is -0.320 e. The van der Waals surface area contributed by atoms with Crippen LogP contribution in [-0.2, 0) is 19.4 Å². The number of imidazole rings is 1. The van der Waals surface area contributed by atoms with E-state index in [4.69, 9.17) is 0 Å². The molecule has 0 aliphatic heterocycles. The second kappa shape index (κ2) is 11.2. The number of aromatic nitrogens is 5. The van der Waals surface area contributed by atoms with E-state index in [1.165, 1.54) is 42.6 Å². The van der Waals surface area contributed by atoms with Gasteiger partial charge in [-0.2, -0.15) is 0 Å². The Kier molecular flexibility index (Phi) is 8.32. The molecule has 0 unspecified atom stereocenters. The molecular formula is C26H31F2N5O2. The molecule has 5 rings (SSSR count). The van der Waals surface area contributed by atoms with Gasteiger partial charge in [-0.05, 0) is 23.8 Å². The van der Waals surface area contributed by atoms with Crippen LogP contribution in [0.2, 0.25) is 0 Å². The van der Waals surface area contributed by atoms with Crippen LogP contribution in [0.5, 0.6) is 0 Å². The molecule has 0 radical (unpaired) electrons. The molecule has 186 valence electrons. The summed E-state index contributed by atoms with van der Waals surface area (Å²) in [5, 5.41) is 7.89. The molecule has 1 aromatic carbocycles. The second-order valence-corrected chi connectivity index (χ2v) is 8.35. The van der Waals surface area contributed by atoms with Gasteiger partial charge in [0.15, 0.2) is 6.29 Å². The largest absolute Gasteiger partial charge is 0.337 e. The third kappa shape index (κ3) is 5.90. The summed E-state index contributed by atoms with van der Waals surface area (Å²) in [7, 11) is 1.83. The quantitative estimate of drug-likeness (QED) is 0.360. The van der Waals surface area contributed by atoms with Gasteiger partial charge in [0, 0.05) is 43.9 Å². The van der Waals surface area contributed by atoms with Crippen LogP contribution in [0.4, 0.5) is 8.78 Å². The van der Waals surface area contributed by atoms with Crippen molar-refractivity contribution in [2.24, 2.45) is 7.05 Å². The van der Waals surface area contributed by atoms with E-state index in [1.54, 1.807) is 29.1 Å². The first kappa shape index (κ1) is 26.0. The Balaban J connectivity index is 0.000000508. The van der Waals surface area contributed by atoms with Gasteiger partial charge >= 0.3 is 5.69 Å². The lowest BCUT2D eigenvalue weighted by molar-refractivity contribution is 0.0187. The predicted octanol–water partition coefficient (Wildman–Crippen LogP) is 5.32. The van der Waals surface area contributed by atoms with Crippen LogP contribution in [0.25, 0.3) is 11.2 Å². The minimum atomic E-state index is -3.21. The zero-order valence-electron chi connectivity index (χ0n) is 20.5. The van der Waals surface area contributed by atoms with Crippen molar-refractivity contribution in [1.29, 1.82) is 0 Å². The maximum atomic E-state index is 14.1. The topological polar surface area (TPSA) is 74.2 Å². The Morgan fingerprint density at radius 1 is 1.09 bits per heavy atom. The molecule has 35 heavy (non-hydrogen) atoms. The third-order valence-corrected chi connectivity index (χ3v) is 5.75. The van der Waals surface area contributed by atoms with Gasteiger partial charge in [0.1, 0.15) is 12.2 Å². The molecular weight excluding hydrogens is 452 g/mol. The molecule has 1 aliphatic carbocycles. The highest BCUT2D eigenvalue weighted by Crippen LogP contribution is 2.31. The number of hydrogen-bond donors (Lipinski definition) is 0. The number of aldehydes is 1. The molecule has 0 N–H and O–H groups in total. The Labute approximate surface area is 203 Å². The van der Waals surface area contributed by atoms with Gasteiger partial charge in [0.2, 0.25) is 0 Å². The van der Waals surface area contributed by atoms with Crippen LogP contribution < -0.4 is 5.69 Å². The summed E-state index contributed by atoms with van der Waals surface area (Å²) in [4.78, 5) is 24.1. The first-order valence-corrected chi connectivity index (χ1v) is 11.8. The van der Waals surface area contributed by atoms with Crippen LogP contribution in [0.3, 0.4) is 0 Å². The van der Waals surface area contributed by atoms with E-state index in [-0.39, 0.29) is 16.6 Å². The number of pyridine rings is 1. The van der Waals surface area contributed by atoms with Crippen molar-refractivity contribution < 1.29 is 13.6 Å². The predicted molar refractivity (Wildman–Crippen MR) is 132 cm³/mol. The second-order valence-electron chi connectivity index (χ2n) is 8.35. The van der Waals surface area contributed by atoms with E-state index < -0.39 is 11.6 Å². The lowest BCUT2D eigenvalue weighted by Crippen LogP contribution is -2.19. The number of carbonyl (C=O) groups excluding carboxylic acids is 1. The van der Waals surface area contributed by atoms with E-state index in [1.807, 2.05) is 27.0 Å². The van der Waals surface area contributed by atoms with Gasteiger partial charge in [-0.25, -0.2) is 13.6 Å². The number of alkyl halides is 2. The van der Waals surface area contributed by atoms with Crippen LogP contribution in [0, 0.1) is 0 Å². The summed E-state index contributed by atoms with van der Waals surface area (Å²) in [6.07, 6.45) is 11.2. The number of benzene rings is 1. The van der Waals surface area contributed by atoms with Crippen molar-refractivity contribution in [3.63, 3.8) is 0 Å². The standard InChI is InChI=1S/C20H17F2N5O2.C4H8.C2H6/c1-20(21,22)16-7-14(11-28)9-27-17(16)10-26(19(27)29)15-5-3-4-13(6-15)8-18-24-23-12-25(18)2;1-2-4-3-1;1-2/h3-7,9-12H,8H2,1-2H3;1-4H2;1-2H3. The van der Waals surface area contributed by atoms with Crippen LogP contribution in [-0.4, -0.2) is 30.0 Å². The number of aryl methyl sites for hydroxylation is 1. The maximum absolute atomic E-state index is 14.1. The van der Waals surface area contributed by atoms with Gasteiger partial charge in [-0.1, -0.05) is 51.7 Å². The van der Waals surface area contributed by atoms with Crippen LogP contribution in [0.1, 0.15) is 73.8 Å². The number of rotatable bonds is 5. The van der Waals surface area contributed by atoms with E-state index in [0.717, 1.165) is 28.8 Å². The molecule has 4 aromatic rings. The molecule has 0 atom stereocenters. The van der Waals surface area contributed by atoms with Gasteiger partial charge < -0.3 is 4.57 Å². The molecule has 9 heteroatoms. The Hall–Kier alpha value is -3.62. The van der Waals surface area contributed by atoms with E-state index in [2.05, 4.69) is 10.2 Å². The molecule has 0 amide bonds. The summed E-state index contributed by atoms with van der Waals surface area (Å²) in [5.74, 6) is -2.46. The van der Waals surface area contributed by atoms with Crippen LogP contribution in [0.15, 0.2) is 53.8 Å². The molecule has 1 aliphatic rings. The van der Waals surface area contributed by atoms with Gasteiger partial charge in [0.25, 0.3) is 5.92 Å². The molecule has 0 bridgehead atoms. The van der Waals surface area contributed by atoms with Crippen molar-refractivity contribution in [2.45, 2.75) is 58.8 Å². The zero-order chi connectivity index (χ0) is 25.6. The Morgan fingerprint density at radius 2 is 1.77 bits per heavy atom. The fourth-order valence-electron chi connectivity index (χ4n) is 3.53. The summed E-state index contributed by atoms with van der Waals surface area (Å²) >= 11 is 0. The van der Waals surface area contributed by atoms with Crippen molar-refractivity contribution >= 4 is 11.8 Å².